The molecule has 0 amide bonds. The second kappa shape index (κ2) is 11.2. The van der Waals surface area contributed by atoms with Crippen LogP contribution in [0.1, 0.15) is 0 Å². The van der Waals surface area contributed by atoms with E-state index in [0.717, 1.165) is 49.8 Å². The fourth-order valence-electron chi connectivity index (χ4n) is 6.31. The van der Waals surface area contributed by atoms with Gasteiger partial charge in [-0.25, -0.2) is 15.0 Å². The minimum Gasteiger partial charge on any atom is -0.455 e. The SMILES string of the molecule is c1ccc(-c2ccc3cc(-c4ccc(-c5nc(-c6ccccc6)nc(-c6cccc7c6oc6ccccc67)n5)cc4)ccc3c2)cc1. The van der Waals surface area contributed by atoms with Crippen molar-refractivity contribution in [2.45, 2.75) is 0 Å². The van der Waals surface area contributed by atoms with Crippen molar-refractivity contribution in [2.75, 3.05) is 0 Å². The zero-order chi connectivity index (χ0) is 31.2. The number of nitrogens with zero attached hydrogens (tertiary/aromatic N) is 3. The summed E-state index contributed by atoms with van der Waals surface area (Å²) in [5.74, 6) is 1.81. The lowest BCUT2D eigenvalue weighted by atomic mass is 9.97. The second-order valence-electron chi connectivity index (χ2n) is 11.7. The highest BCUT2D eigenvalue weighted by Crippen LogP contribution is 2.36. The van der Waals surface area contributed by atoms with Crippen LogP contribution in [0.25, 0.3) is 89.1 Å². The lowest BCUT2D eigenvalue weighted by molar-refractivity contribution is 0.669. The Balaban J connectivity index is 1.11. The first kappa shape index (κ1) is 27.0. The Hall–Kier alpha value is -6.39. The summed E-state index contributed by atoms with van der Waals surface area (Å²) in [7, 11) is 0. The van der Waals surface area contributed by atoms with Crippen LogP contribution in [0.3, 0.4) is 0 Å². The number of rotatable bonds is 5. The molecule has 2 aromatic heterocycles. The number of hydrogen-bond donors (Lipinski definition) is 0. The standard InChI is InChI=1S/C43H27N3O/c1-3-10-28(11-4-1)32-22-24-35-27-33(23-25-34(35)26-32)29-18-20-31(21-19-29)42-44-41(30-12-5-2-6-13-30)45-43(46-42)38-16-9-15-37-36-14-7-8-17-39(36)47-40(37)38/h1-27H. The fraction of sp³-hybridized carbons (Fsp3) is 0. The van der Waals surface area contributed by atoms with Gasteiger partial charge < -0.3 is 4.42 Å². The summed E-state index contributed by atoms with van der Waals surface area (Å²) in [6.45, 7) is 0. The van der Waals surface area contributed by atoms with E-state index in [1.807, 2.05) is 66.7 Å². The molecule has 0 radical (unpaired) electrons. The molecule has 0 N–H and O–H groups in total. The molecule has 0 atom stereocenters. The van der Waals surface area contributed by atoms with E-state index in [-0.39, 0.29) is 0 Å². The van der Waals surface area contributed by atoms with Gasteiger partial charge in [-0.15, -0.1) is 0 Å². The van der Waals surface area contributed by atoms with Crippen molar-refractivity contribution >= 4 is 32.7 Å². The number of benzene rings is 7. The lowest BCUT2D eigenvalue weighted by Crippen LogP contribution is -2.00. The Morgan fingerprint density at radius 2 is 0.830 bits per heavy atom. The monoisotopic (exact) mass is 601 g/mol. The van der Waals surface area contributed by atoms with Gasteiger partial charge in [0.1, 0.15) is 11.2 Å². The highest BCUT2D eigenvalue weighted by atomic mass is 16.3. The molecular formula is C43H27N3O. The summed E-state index contributed by atoms with van der Waals surface area (Å²) >= 11 is 0. The molecule has 2 heterocycles. The van der Waals surface area contributed by atoms with Crippen molar-refractivity contribution in [1.82, 2.24) is 15.0 Å². The van der Waals surface area contributed by atoms with E-state index in [1.54, 1.807) is 0 Å². The van der Waals surface area contributed by atoms with E-state index in [0.29, 0.717) is 17.5 Å². The molecule has 0 bridgehead atoms. The third-order valence-corrected chi connectivity index (χ3v) is 8.74. The maximum absolute atomic E-state index is 6.35. The van der Waals surface area contributed by atoms with Gasteiger partial charge in [0.2, 0.25) is 0 Å². The largest absolute Gasteiger partial charge is 0.455 e. The van der Waals surface area contributed by atoms with E-state index < -0.39 is 0 Å². The molecule has 4 heteroatoms. The molecule has 7 aromatic carbocycles. The molecule has 0 aliphatic heterocycles. The van der Waals surface area contributed by atoms with Gasteiger partial charge in [0.15, 0.2) is 17.5 Å². The first-order chi connectivity index (χ1) is 23.3. The summed E-state index contributed by atoms with van der Waals surface area (Å²) < 4.78 is 6.35. The van der Waals surface area contributed by atoms with Crippen molar-refractivity contribution in [3.63, 3.8) is 0 Å². The summed E-state index contributed by atoms with van der Waals surface area (Å²) in [5.41, 5.74) is 9.03. The van der Waals surface area contributed by atoms with E-state index >= 15 is 0 Å². The van der Waals surface area contributed by atoms with Gasteiger partial charge >= 0.3 is 0 Å². The van der Waals surface area contributed by atoms with Crippen LogP contribution in [0.4, 0.5) is 0 Å². The van der Waals surface area contributed by atoms with E-state index in [2.05, 4.69) is 97.1 Å². The minimum atomic E-state index is 0.576. The molecule has 47 heavy (non-hydrogen) atoms. The van der Waals surface area contributed by atoms with Crippen molar-refractivity contribution < 1.29 is 4.42 Å². The predicted octanol–water partition coefficient (Wildman–Crippen LogP) is 11.3. The molecule has 0 fully saturated rings. The number of furan rings is 1. The van der Waals surface area contributed by atoms with Crippen molar-refractivity contribution in [1.29, 1.82) is 0 Å². The third kappa shape index (κ3) is 4.93. The van der Waals surface area contributed by atoms with Crippen LogP contribution in [-0.2, 0) is 0 Å². The Kier molecular flexibility index (Phi) is 6.43. The van der Waals surface area contributed by atoms with Crippen LogP contribution >= 0.6 is 0 Å². The lowest BCUT2D eigenvalue weighted by Gasteiger charge is -2.10. The van der Waals surface area contributed by atoms with Gasteiger partial charge in [0, 0.05) is 21.9 Å². The predicted molar refractivity (Wildman–Crippen MR) is 192 cm³/mol. The second-order valence-corrected chi connectivity index (χ2v) is 11.7. The topological polar surface area (TPSA) is 51.8 Å². The van der Waals surface area contributed by atoms with Crippen LogP contribution in [0.15, 0.2) is 168 Å². The number of para-hydroxylation sites is 2. The molecule has 220 valence electrons. The summed E-state index contributed by atoms with van der Waals surface area (Å²) in [6.07, 6.45) is 0. The summed E-state index contributed by atoms with van der Waals surface area (Å²) in [4.78, 5) is 14.9. The molecule has 0 aliphatic rings. The molecular weight excluding hydrogens is 574 g/mol. The van der Waals surface area contributed by atoms with E-state index in [9.17, 15) is 0 Å². The smallest absolute Gasteiger partial charge is 0.167 e. The van der Waals surface area contributed by atoms with Gasteiger partial charge in [-0.1, -0.05) is 140 Å². The van der Waals surface area contributed by atoms with E-state index in [4.69, 9.17) is 19.4 Å². The first-order valence-corrected chi connectivity index (χ1v) is 15.7. The average molecular weight is 602 g/mol. The average Bonchev–Trinajstić information content (AvgIpc) is 3.54. The van der Waals surface area contributed by atoms with Crippen molar-refractivity contribution in [2.24, 2.45) is 0 Å². The van der Waals surface area contributed by atoms with Gasteiger partial charge in [0.05, 0.1) is 5.56 Å². The van der Waals surface area contributed by atoms with Crippen LogP contribution in [0.2, 0.25) is 0 Å². The maximum Gasteiger partial charge on any atom is 0.167 e. The molecule has 0 aliphatic carbocycles. The fourth-order valence-corrected chi connectivity index (χ4v) is 6.31. The molecule has 0 saturated carbocycles. The van der Waals surface area contributed by atoms with Gasteiger partial charge in [-0.05, 0) is 57.3 Å². The number of fused-ring (bicyclic) bond motifs is 4. The Labute approximate surface area is 271 Å². The zero-order valence-electron chi connectivity index (χ0n) is 25.3. The Morgan fingerprint density at radius 1 is 0.340 bits per heavy atom. The Bertz CT molecular complexity index is 2550. The minimum absolute atomic E-state index is 0.576. The van der Waals surface area contributed by atoms with Gasteiger partial charge in [0.25, 0.3) is 0 Å². The number of hydrogen-bond acceptors (Lipinski definition) is 4. The summed E-state index contributed by atoms with van der Waals surface area (Å²) in [5, 5.41) is 4.54. The highest BCUT2D eigenvalue weighted by molar-refractivity contribution is 6.09. The van der Waals surface area contributed by atoms with E-state index in [1.165, 1.54) is 21.9 Å². The van der Waals surface area contributed by atoms with Crippen LogP contribution in [-0.4, -0.2) is 15.0 Å². The van der Waals surface area contributed by atoms with Crippen LogP contribution < -0.4 is 0 Å². The van der Waals surface area contributed by atoms with Crippen LogP contribution in [0.5, 0.6) is 0 Å². The molecule has 9 rings (SSSR count). The quantitative estimate of drug-likeness (QED) is 0.197. The third-order valence-electron chi connectivity index (χ3n) is 8.74. The van der Waals surface area contributed by atoms with Crippen LogP contribution in [0, 0.1) is 0 Å². The maximum atomic E-state index is 6.35. The summed E-state index contributed by atoms with van der Waals surface area (Å²) in [6, 6.07) is 56.5. The molecule has 9 aromatic rings. The van der Waals surface area contributed by atoms with Gasteiger partial charge in [-0.3, -0.25) is 0 Å². The number of aromatic nitrogens is 3. The molecule has 0 saturated heterocycles. The first-order valence-electron chi connectivity index (χ1n) is 15.7. The highest BCUT2D eigenvalue weighted by Gasteiger charge is 2.17. The molecule has 4 nitrogen and oxygen atoms in total. The normalized spacial score (nSPS) is 11.4. The molecule has 0 unspecified atom stereocenters. The van der Waals surface area contributed by atoms with Crippen molar-refractivity contribution in [3.05, 3.63) is 164 Å². The van der Waals surface area contributed by atoms with Crippen molar-refractivity contribution in [3.8, 4) is 56.4 Å². The molecule has 0 spiro atoms. The van der Waals surface area contributed by atoms with Gasteiger partial charge in [-0.2, -0.15) is 0 Å². The Morgan fingerprint density at radius 3 is 1.51 bits per heavy atom. The zero-order valence-corrected chi connectivity index (χ0v) is 25.3.